The number of piperidine rings is 1. The van der Waals surface area contributed by atoms with E-state index in [0.29, 0.717) is 25.5 Å². The predicted molar refractivity (Wildman–Crippen MR) is 51.6 cm³/mol. The maximum atomic E-state index is 13.3. The first-order valence-corrected chi connectivity index (χ1v) is 5.02. The maximum Gasteiger partial charge on any atom is 0.251 e. The average Bonchev–Trinajstić information content (AvgIpc) is 2.23. The van der Waals surface area contributed by atoms with Crippen molar-refractivity contribution < 1.29 is 18.3 Å². The molecule has 1 aliphatic rings. The van der Waals surface area contributed by atoms with Gasteiger partial charge in [0.05, 0.1) is 6.10 Å². The molecule has 2 heterocycles. The van der Waals surface area contributed by atoms with Crippen molar-refractivity contribution in [3.05, 3.63) is 23.6 Å². The van der Waals surface area contributed by atoms with Crippen LogP contribution in [0.15, 0.2) is 6.07 Å². The van der Waals surface area contributed by atoms with Gasteiger partial charge in [-0.15, -0.1) is 0 Å². The molecular weight excluding hydrogens is 221 g/mol. The minimum atomic E-state index is -1.32. The van der Waals surface area contributed by atoms with Crippen molar-refractivity contribution in [3.63, 3.8) is 0 Å². The van der Waals surface area contributed by atoms with E-state index in [0.717, 1.165) is 0 Å². The second kappa shape index (κ2) is 4.29. The van der Waals surface area contributed by atoms with E-state index < -0.39 is 23.7 Å². The molecule has 88 valence electrons. The molecule has 1 aromatic heterocycles. The van der Waals surface area contributed by atoms with Crippen LogP contribution >= 0.6 is 0 Å². The number of anilines is 1. The largest absolute Gasteiger partial charge is 0.391 e. The van der Waals surface area contributed by atoms with Crippen molar-refractivity contribution >= 4 is 5.82 Å². The molecule has 0 aliphatic carbocycles. The second-order valence-electron chi connectivity index (χ2n) is 3.81. The van der Waals surface area contributed by atoms with E-state index in [-0.39, 0.29) is 12.4 Å². The normalized spacial score (nSPS) is 21.2. The van der Waals surface area contributed by atoms with Gasteiger partial charge in [0.1, 0.15) is 0 Å². The number of aliphatic hydroxyl groups excluding tert-OH is 1. The van der Waals surface area contributed by atoms with E-state index in [2.05, 4.69) is 4.98 Å². The van der Waals surface area contributed by atoms with Gasteiger partial charge < -0.3 is 10.0 Å². The van der Waals surface area contributed by atoms with Gasteiger partial charge in [-0.1, -0.05) is 0 Å². The Balaban J connectivity index is 2.29. The fourth-order valence-electron chi connectivity index (χ4n) is 1.80. The zero-order valence-electron chi connectivity index (χ0n) is 8.46. The minimum Gasteiger partial charge on any atom is -0.391 e. The third-order valence-electron chi connectivity index (χ3n) is 2.56. The van der Waals surface area contributed by atoms with E-state index in [9.17, 15) is 18.3 Å². The number of pyridine rings is 1. The Hall–Kier alpha value is -1.30. The van der Waals surface area contributed by atoms with Crippen LogP contribution in [0.5, 0.6) is 0 Å². The van der Waals surface area contributed by atoms with Crippen LogP contribution < -0.4 is 4.90 Å². The summed E-state index contributed by atoms with van der Waals surface area (Å²) >= 11 is 0. The third kappa shape index (κ3) is 2.11. The molecule has 0 spiro atoms. The van der Waals surface area contributed by atoms with Crippen LogP contribution in [0.25, 0.3) is 0 Å². The molecule has 0 amide bonds. The highest BCUT2D eigenvalue weighted by atomic mass is 19.2. The highest BCUT2D eigenvalue weighted by molar-refractivity contribution is 5.40. The smallest absolute Gasteiger partial charge is 0.251 e. The fourth-order valence-corrected chi connectivity index (χ4v) is 1.80. The Morgan fingerprint density at radius 2 is 2.06 bits per heavy atom. The summed E-state index contributed by atoms with van der Waals surface area (Å²) in [6, 6.07) is 0.471. The van der Waals surface area contributed by atoms with Crippen LogP contribution in [0.1, 0.15) is 12.8 Å². The highest BCUT2D eigenvalue weighted by Gasteiger charge is 2.23. The van der Waals surface area contributed by atoms with Crippen molar-refractivity contribution in [3.8, 4) is 0 Å². The van der Waals surface area contributed by atoms with Gasteiger partial charge in [0.25, 0.3) is 5.95 Å². The lowest BCUT2D eigenvalue weighted by Crippen LogP contribution is -2.39. The average molecular weight is 232 g/mol. The summed E-state index contributed by atoms with van der Waals surface area (Å²) < 4.78 is 38.9. The van der Waals surface area contributed by atoms with Crippen LogP contribution in [0.2, 0.25) is 0 Å². The van der Waals surface area contributed by atoms with Crippen molar-refractivity contribution in [2.75, 3.05) is 18.0 Å². The second-order valence-corrected chi connectivity index (χ2v) is 3.81. The molecule has 1 N–H and O–H groups in total. The molecule has 1 fully saturated rings. The molecular formula is C10H11F3N2O. The number of nitrogens with zero attached hydrogens (tertiary/aromatic N) is 2. The molecule has 0 radical (unpaired) electrons. The van der Waals surface area contributed by atoms with Crippen LogP contribution in [-0.2, 0) is 0 Å². The molecule has 1 aliphatic heterocycles. The molecule has 1 aromatic rings. The molecule has 0 bridgehead atoms. The van der Waals surface area contributed by atoms with Crippen LogP contribution in [-0.4, -0.2) is 29.3 Å². The van der Waals surface area contributed by atoms with Crippen molar-refractivity contribution in [1.82, 2.24) is 4.98 Å². The van der Waals surface area contributed by atoms with Gasteiger partial charge in [0.15, 0.2) is 17.5 Å². The quantitative estimate of drug-likeness (QED) is 0.745. The number of hydrogen-bond acceptors (Lipinski definition) is 3. The maximum absolute atomic E-state index is 13.3. The number of hydrogen-bond donors (Lipinski definition) is 1. The first kappa shape index (κ1) is 11.2. The lowest BCUT2D eigenvalue weighted by molar-refractivity contribution is 0.153. The minimum absolute atomic E-state index is 0.189. The molecule has 1 atom stereocenters. The Labute approximate surface area is 90.5 Å². The summed E-state index contributed by atoms with van der Waals surface area (Å²) in [5.74, 6) is -3.78. The third-order valence-corrected chi connectivity index (χ3v) is 2.56. The van der Waals surface area contributed by atoms with Crippen molar-refractivity contribution in [2.45, 2.75) is 18.9 Å². The van der Waals surface area contributed by atoms with E-state index in [1.54, 1.807) is 0 Å². The highest BCUT2D eigenvalue weighted by Crippen LogP contribution is 2.22. The summed E-state index contributed by atoms with van der Waals surface area (Å²) in [5, 5.41) is 9.40. The Bertz CT molecular complexity index is 400. The first-order valence-electron chi connectivity index (χ1n) is 5.02. The molecule has 3 nitrogen and oxygen atoms in total. The Morgan fingerprint density at radius 3 is 2.75 bits per heavy atom. The first-order chi connectivity index (χ1) is 7.58. The van der Waals surface area contributed by atoms with Gasteiger partial charge in [0.2, 0.25) is 0 Å². The van der Waals surface area contributed by atoms with E-state index in [1.807, 2.05) is 0 Å². The van der Waals surface area contributed by atoms with Gasteiger partial charge in [-0.2, -0.15) is 9.37 Å². The molecule has 2 rings (SSSR count). The lowest BCUT2D eigenvalue weighted by atomic mass is 10.1. The van der Waals surface area contributed by atoms with Gasteiger partial charge in [-0.05, 0) is 12.8 Å². The SMILES string of the molecule is OC1CCCN(c2nc(F)c(F)cc2F)C1. The Morgan fingerprint density at radius 1 is 1.31 bits per heavy atom. The number of aromatic nitrogens is 1. The van der Waals surface area contributed by atoms with Crippen molar-refractivity contribution in [1.29, 1.82) is 0 Å². The van der Waals surface area contributed by atoms with E-state index >= 15 is 0 Å². The molecule has 0 aromatic carbocycles. The topological polar surface area (TPSA) is 36.4 Å². The van der Waals surface area contributed by atoms with Gasteiger partial charge in [-0.3, -0.25) is 0 Å². The van der Waals surface area contributed by atoms with Gasteiger partial charge in [0, 0.05) is 19.2 Å². The van der Waals surface area contributed by atoms with Gasteiger partial charge >= 0.3 is 0 Å². The summed E-state index contributed by atoms with van der Waals surface area (Å²) in [6.07, 6.45) is 0.714. The molecule has 6 heteroatoms. The van der Waals surface area contributed by atoms with Crippen LogP contribution in [0, 0.1) is 17.6 Å². The number of halogens is 3. The molecule has 1 saturated heterocycles. The number of β-amino-alcohol motifs (C(OH)–C–C–N with tert-alkyl or cyclic N) is 1. The summed E-state index contributed by atoms with van der Waals surface area (Å²) in [6.45, 7) is 0.668. The number of aliphatic hydroxyl groups is 1. The summed E-state index contributed by atoms with van der Waals surface area (Å²) in [7, 11) is 0. The predicted octanol–water partition coefficient (Wildman–Crippen LogP) is 1.46. The molecule has 0 saturated carbocycles. The van der Waals surface area contributed by atoms with E-state index in [4.69, 9.17) is 0 Å². The van der Waals surface area contributed by atoms with E-state index in [1.165, 1.54) is 4.90 Å². The standard InChI is InChI=1S/C10H11F3N2O/c11-7-4-8(12)10(14-9(7)13)15-3-1-2-6(16)5-15/h4,6,16H,1-3,5H2. The van der Waals surface area contributed by atoms with Crippen LogP contribution in [0.3, 0.4) is 0 Å². The molecule has 16 heavy (non-hydrogen) atoms. The summed E-state index contributed by atoms with van der Waals surface area (Å²) in [5.41, 5.74) is 0. The monoisotopic (exact) mass is 232 g/mol. The van der Waals surface area contributed by atoms with Crippen LogP contribution in [0.4, 0.5) is 19.0 Å². The van der Waals surface area contributed by atoms with Gasteiger partial charge in [-0.25, -0.2) is 8.78 Å². The fraction of sp³-hybridized carbons (Fsp3) is 0.500. The molecule has 1 unspecified atom stereocenters. The zero-order valence-corrected chi connectivity index (χ0v) is 8.46. The van der Waals surface area contributed by atoms with Crippen molar-refractivity contribution in [2.24, 2.45) is 0 Å². The Kier molecular flexibility index (Phi) is 3.00. The zero-order chi connectivity index (χ0) is 11.7. The lowest BCUT2D eigenvalue weighted by Gasteiger charge is -2.31. The summed E-state index contributed by atoms with van der Waals surface area (Å²) in [4.78, 5) is 4.65. The number of rotatable bonds is 1.